The number of benzene rings is 2. The predicted molar refractivity (Wildman–Crippen MR) is 128 cm³/mol. The zero-order valence-electron chi connectivity index (χ0n) is 19.6. The van der Waals surface area contributed by atoms with E-state index in [1.54, 1.807) is 26.0 Å². The van der Waals surface area contributed by atoms with Crippen LogP contribution in [0.4, 0.5) is 4.39 Å². The Morgan fingerprint density at radius 1 is 1.29 bits per heavy atom. The summed E-state index contributed by atoms with van der Waals surface area (Å²) in [4.78, 5) is 21.5. The molecular weight excluding hydrogens is 473 g/mol. The highest BCUT2D eigenvalue weighted by Crippen LogP contribution is 2.49. The topological polar surface area (TPSA) is 76.7 Å². The Morgan fingerprint density at radius 2 is 2.09 bits per heavy atom. The fraction of sp³-hybridized carbons (Fsp3) is 0.385. The molecule has 1 N–H and O–H groups in total. The number of imidazole rings is 1. The van der Waals surface area contributed by atoms with Crippen LogP contribution in [0.5, 0.6) is 11.5 Å². The van der Waals surface area contributed by atoms with Crippen LogP contribution in [-0.2, 0) is 17.1 Å². The highest BCUT2D eigenvalue weighted by atomic mass is 35.5. The first-order valence-corrected chi connectivity index (χ1v) is 12.1. The molecule has 3 heterocycles. The van der Waals surface area contributed by atoms with Gasteiger partial charge in [0.05, 0.1) is 24.9 Å². The lowest BCUT2D eigenvalue weighted by atomic mass is 9.88. The molecule has 0 saturated carbocycles. The molecule has 2 aromatic carbocycles. The number of hydrogen-bond donors (Lipinski definition) is 1. The minimum atomic E-state index is -1.26. The van der Waals surface area contributed by atoms with Crippen molar-refractivity contribution in [3.63, 3.8) is 0 Å². The van der Waals surface area contributed by atoms with E-state index in [2.05, 4.69) is 20.9 Å². The number of likely N-dealkylation sites (tertiary alicyclic amines) is 1. The number of rotatable bonds is 6. The molecule has 0 amide bonds. The molecule has 184 valence electrons. The van der Waals surface area contributed by atoms with Crippen LogP contribution in [0.1, 0.15) is 60.0 Å². The lowest BCUT2D eigenvalue weighted by molar-refractivity contribution is -0.0712. The second-order valence-electron chi connectivity index (χ2n) is 8.96. The standard InChI is InChI=1S/C26H27ClFN3O4/c1-3-33-25(32)21-14-29-23(30-21)15-31-11-9-16(10-12-31)18-5-4-6-22-24(18)35-26(2,34-22)19-8-7-17(27)13-20(19)28/h4-8,13-14,16H,3,9-12,15H2,1-2H3,(H,29,30)/t26-/m0/s1. The Labute approximate surface area is 208 Å². The van der Waals surface area contributed by atoms with Crippen molar-refractivity contribution in [3.05, 3.63) is 76.1 Å². The van der Waals surface area contributed by atoms with Crippen molar-refractivity contribution in [3.8, 4) is 11.5 Å². The molecular formula is C26H27ClFN3O4. The summed E-state index contributed by atoms with van der Waals surface area (Å²) in [7, 11) is 0. The van der Waals surface area contributed by atoms with Gasteiger partial charge in [0.25, 0.3) is 5.79 Å². The van der Waals surface area contributed by atoms with E-state index < -0.39 is 17.6 Å². The third-order valence-electron chi connectivity index (χ3n) is 6.56. The normalized spacial score (nSPS) is 20.2. The fourth-order valence-electron chi connectivity index (χ4n) is 4.81. The first kappa shape index (κ1) is 23.6. The summed E-state index contributed by atoms with van der Waals surface area (Å²) in [5.41, 5.74) is 1.75. The Hall–Kier alpha value is -3.10. The highest BCUT2D eigenvalue weighted by molar-refractivity contribution is 6.30. The summed E-state index contributed by atoms with van der Waals surface area (Å²) in [6.07, 6.45) is 3.37. The van der Waals surface area contributed by atoms with E-state index >= 15 is 0 Å². The number of carbonyl (C=O) groups is 1. The van der Waals surface area contributed by atoms with Crippen LogP contribution in [0.15, 0.2) is 42.6 Å². The maximum absolute atomic E-state index is 14.6. The third kappa shape index (κ3) is 4.73. The number of hydrogen-bond acceptors (Lipinski definition) is 6. The molecule has 0 aliphatic carbocycles. The van der Waals surface area contributed by atoms with Gasteiger partial charge in [-0.1, -0.05) is 23.7 Å². The second kappa shape index (κ2) is 9.51. The number of esters is 1. The first-order valence-electron chi connectivity index (χ1n) is 11.8. The van der Waals surface area contributed by atoms with Crippen molar-refractivity contribution in [2.45, 2.75) is 44.9 Å². The average Bonchev–Trinajstić information content (AvgIpc) is 3.43. The lowest BCUT2D eigenvalue weighted by Crippen LogP contribution is -2.34. The van der Waals surface area contributed by atoms with Gasteiger partial charge in [-0.3, -0.25) is 4.90 Å². The van der Waals surface area contributed by atoms with Gasteiger partial charge in [0.1, 0.15) is 17.3 Å². The minimum absolute atomic E-state index is 0.286. The van der Waals surface area contributed by atoms with Gasteiger partial charge in [-0.05, 0) is 63.0 Å². The molecule has 0 bridgehead atoms. The van der Waals surface area contributed by atoms with E-state index in [0.717, 1.165) is 37.3 Å². The van der Waals surface area contributed by atoms with Crippen molar-refractivity contribution in [2.75, 3.05) is 19.7 Å². The monoisotopic (exact) mass is 499 g/mol. The number of halogens is 2. The molecule has 0 unspecified atom stereocenters. The van der Waals surface area contributed by atoms with Gasteiger partial charge in [0.2, 0.25) is 0 Å². The number of H-pyrrole nitrogens is 1. The van der Waals surface area contributed by atoms with E-state index in [4.69, 9.17) is 25.8 Å². The lowest BCUT2D eigenvalue weighted by Gasteiger charge is -2.32. The third-order valence-corrected chi connectivity index (χ3v) is 6.79. The van der Waals surface area contributed by atoms with E-state index in [-0.39, 0.29) is 5.92 Å². The molecule has 35 heavy (non-hydrogen) atoms. The number of nitrogens with zero attached hydrogens (tertiary/aromatic N) is 2. The highest BCUT2D eigenvalue weighted by Gasteiger charge is 2.42. The molecule has 1 atom stereocenters. The molecule has 1 aromatic heterocycles. The number of nitrogens with one attached hydrogen (secondary N) is 1. The van der Waals surface area contributed by atoms with Crippen LogP contribution in [-0.4, -0.2) is 40.5 Å². The smallest absolute Gasteiger partial charge is 0.356 e. The van der Waals surface area contributed by atoms with Crippen molar-refractivity contribution < 1.29 is 23.4 Å². The van der Waals surface area contributed by atoms with Gasteiger partial charge >= 0.3 is 5.97 Å². The number of aromatic nitrogens is 2. The zero-order chi connectivity index (χ0) is 24.6. The Bertz CT molecular complexity index is 1240. The fourth-order valence-corrected chi connectivity index (χ4v) is 4.97. The van der Waals surface area contributed by atoms with Gasteiger partial charge in [0.15, 0.2) is 11.5 Å². The van der Waals surface area contributed by atoms with Crippen molar-refractivity contribution in [1.82, 2.24) is 14.9 Å². The van der Waals surface area contributed by atoms with Crippen molar-refractivity contribution in [1.29, 1.82) is 0 Å². The molecule has 7 nitrogen and oxygen atoms in total. The molecule has 9 heteroatoms. The summed E-state index contributed by atoms with van der Waals surface area (Å²) in [5.74, 6) is 0.196. The summed E-state index contributed by atoms with van der Waals surface area (Å²) >= 11 is 5.92. The van der Waals surface area contributed by atoms with Crippen LogP contribution in [0.3, 0.4) is 0 Å². The van der Waals surface area contributed by atoms with Gasteiger partial charge < -0.3 is 19.2 Å². The van der Waals surface area contributed by atoms with Crippen LogP contribution in [0, 0.1) is 5.82 Å². The summed E-state index contributed by atoms with van der Waals surface area (Å²) in [6.45, 7) is 6.19. The molecule has 1 fully saturated rings. The van der Waals surface area contributed by atoms with Crippen LogP contribution in [0.25, 0.3) is 0 Å². The Kier molecular flexibility index (Phi) is 6.42. The minimum Gasteiger partial charge on any atom is -0.461 e. The number of carbonyl (C=O) groups excluding carboxylic acids is 1. The van der Waals surface area contributed by atoms with Gasteiger partial charge in [-0.15, -0.1) is 0 Å². The molecule has 0 radical (unpaired) electrons. The van der Waals surface area contributed by atoms with E-state index in [9.17, 15) is 9.18 Å². The number of fused-ring (bicyclic) bond motifs is 1. The van der Waals surface area contributed by atoms with Gasteiger partial charge in [-0.2, -0.15) is 0 Å². The van der Waals surface area contributed by atoms with Gasteiger partial charge in [-0.25, -0.2) is 14.2 Å². The zero-order valence-corrected chi connectivity index (χ0v) is 20.4. The van der Waals surface area contributed by atoms with Crippen molar-refractivity contribution in [2.24, 2.45) is 0 Å². The Morgan fingerprint density at radius 3 is 2.83 bits per heavy atom. The average molecular weight is 500 g/mol. The van der Waals surface area contributed by atoms with E-state index in [1.807, 2.05) is 12.1 Å². The largest absolute Gasteiger partial charge is 0.461 e. The summed E-state index contributed by atoms with van der Waals surface area (Å²) < 4.78 is 32.0. The Balaban J connectivity index is 1.25. The number of piperidine rings is 1. The van der Waals surface area contributed by atoms with Crippen molar-refractivity contribution >= 4 is 17.6 Å². The molecule has 3 aromatic rings. The molecule has 1 saturated heterocycles. The maximum atomic E-state index is 14.6. The SMILES string of the molecule is CCOC(=O)c1cnc(CN2CCC(c3cccc4c3O[C@@](C)(c3ccc(Cl)cc3F)O4)CC2)[nH]1. The number of para-hydroxylation sites is 1. The van der Waals surface area contributed by atoms with E-state index in [0.29, 0.717) is 40.9 Å². The molecule has 2 aliphatic rings. The van der Waals surface area contributed by atoms with Gasteiger partial charge in [0, 0.05) is 17.5 Å². The van der Waals surface area contributed by atoms with E-state index in [1.165, 1.54) is 12.3 Å². The number of ether oxygens (including phenoxy) is 3. The summed E-state index contributed by atoms with van der Waals surface area (Å²) in [5, 5.41) is 0.324. The molecule has 0 spiro atoms. The van der Waals surface area contributed by atoms with Crippen LogP contribution in [0.2, 0.25) is 5.02 Å². The first-order chi connectivity index (χ1) is 16.9. The second-order valence-corrected chi connectivity index (χ2v) is 9.40. The van der Waals surface area contributed by atoms with Crippen LogP contribution >= 0.6 is 11.6 Å². The molecule has 5 rings (SSSR count). The predicted octanol–water partition coefficient (Wildman–Crippen LogP) is 5.40. The maximum Gasteiger partial charge on any atom is 0.356 e. The quantitative estimate of drug-likeness (QED) is 0.457. The van der Waals surface area contributed by atoms with Crippen LogP contribution < -0.4 is 9.47 Å². The summed E-state index contributed by atoms with van der Waals surface area (Å²) in [6, 6.07) is 10.4. The molecule has 2 aliphatic heterocycles. The number of aromatic amines is 1.